The van der Waals surface area contributed by atoms with Gasteiger partial charge in [-0.3, -0.25) is 0 Å². The molecular formula is C21H41Cl. The molecule has 0 aliphatic carbocycles. The van der Waals surface area contributed by atoms with Crippen LogP contribution >= 0.6 is 11.6 Å². The Morgan fingerprint density at radius 2 is 1.05 bits per heavy atom. The number of unbranched alkanes of at least 4 members (excludes halogenated alkanes) is 13. The molecule has 0 radical (unpaired) electrons. The van der Waals surface area contributed by atoms with Gasteiger partial charge in [0, 0.05) is 0 Å². The molecule has 132 valence electrons. The van der Waals surface area contributed by atoms with Crippen molar-refractivity contribution in [3.05, 3.63) is 11.6 Å². The number of alkyl halides is 1. The lowest BCUT2D eigenvalue weighted by molar-refractivity contribution is 0.533. The maximum Gasteiger partial charge on any atom is 0.0518 e. The maximum absolute atomic E-state index is 6.25. The van der Waals surface area contributed by atoms with E-state index >= 15 is 0 Å². The van der Waals surface area contributed by atoms with Gasteiger partial charge in [-0.1, -0.05) is 108 Å². The van der Waals surface area contributed by atoms with E-state index in [1.165, 1.54) is 95.5 Å². The topological polar surface area (TPSA) is 0 Å². The highest BCUT2D eigenvalue weighted by Crippen LogP contribution is 2.15. The fourth-order valence-electron chi connectivity index (χ4n) is 2.98. The van der Waals surface area contributed by atoms with Crippen LogP contribution in [0.2, 0.25) is 0 Å². The number of hydrogen-bond donors (Lipinski definition) is 0. The van der Waals surface area contributed by atoms with Crippen LogP contribution in [0.3, 0.4) is 0 Å². The Kier molecular flexibility index (Phi) is 17.4. The predicted molar refractivity (Wildman–Crippen MR) is 104 cm³/mol. The maximum atomic E-state index is 6.25. The quantitative estimate of drug-likeness (QED) is 0.151. The van der Waals surface area contributed by atoms with Gasteiger partial charge < -0.3 is 0 Å². The van der Waals surface area contributed by atoms with Crippen molar-refractivity contribution in [2.75, 3.05) is 0 Å². The van der Waals surface area contributed by atoms with E-state index in [-0.39, 0.29) is 5.38 Å². The zero-order valence-corrected chi connectivity index (χ0v) is 16.4. The van der Waals surface area contributed by atoms with Gasteiger partial charge in [-0.15, -0.1) is 11.6 Å². The first-order chi connectivity index (χ1) is 10.7. The minimum absolute atomic E-state index is 0.252. The summed E-state index contributed by atoms with van der Waals surface area (Å²) in [7, 11) is 0. The van der Waals surface area contributed by atoms with Gasteiger partial charge in [0.25, 0.3) is 0 Å². The summed E-state index contributed by atoms with van der Waals surface area (Å²) in [4.78, 5) is 0. The zero-order chi connectivity index (χ0) is 16.5. The lowest BCUT2D eigenvalue weighted by Crippen LogP contribution is -1.94. The summed E-state index contributed by atoms with van der Waals surface area (Å²) in [5, 5.41) is 0.252. The van der Waals surface area contributed by atoms with Gasteiger partial charge in [0.15, 0.2) is 0 Å². The number of allylic oxidation sites excluding steroid dienone is 2. The summed E-state index contributed by atoms with van der Waals surface area (Å²) < 4.78 is 0. The standard InChI is InChI=1S/C21H41Cl/c1-4-5-6-7-8-9-10-11-12-13-14-15-16-17-18-21(22)19-20(2)3/h19,21H,4-18H2,1-3H3. The normalized spacial score (nSPS) is 12.4. The lowest BCUT2D eigenvalue weighted by Gasteiger charge is -2.05. The fourth-order valence-corrected chi connectivity index (χ4v) is 3.39. The average molecular weight is 329 g/mol. The van der Waals surface area contributed by atoms with Crippen molar-refractivity contribution in [2.45, 2.75) is 122 Å². The summed E-state index contributed by atoms with van der Waals surface area (Å²) in [6, 6.07) is 0. The van der Waals surface area contributed by atoms with Gasteiger partial charge >= 0.3 is 0 Å². The van der Waals surface area contributed by atoms with E-state index in [4.69, 9.17) is 11.6 Å². The van der Waals surface area contributed by atoms with E-state index < -0.39 is 0 Å². The van der Waals surface area contributed by atoms with Crippen LogP contribution in [0.1, 0.15) is 117 Å². The van der Waals surface area contributed by atoms with Gasteiger partial charge in [0.05, 0.1) is 5.38 Å². The minimum Gasteiger partial charge on any atom is -0.118 e. The first kappa shape index (κ1) is 22.0. The van der Waals surface area contributed by atoms with Crippen molar-refractivity contribution in [1.29, 1.82) is 0 Å². The van der Waals surface area contributed by atoms with E-state index in [1.54, 1.807) is 0 Å². The SMILES string of the molecule is CCCCCCCCCCCCCCCCC(Cl)C=C(C)C. The van der Waals surface area contributed by atoms with Crippen LogP contribution in [0, 0.1) is 0 Å². The molecule has 22 heavy (non-hydrogen) atoms. The van der Waals surface area contributed by atoms with Crippen LogP contribution in [0.4, 0.5) is 0 Å². The van der Waals surface area contributed by atoms with Gasteiger partial charge in [-0.2, -0.15) is 0 Å². The third-order valence-corrected chi connectivity index (χ3v) is 4.69. The molecule has 1 heteroatoms. The van der Waals surface area contributed by atoms with Crippen LogP contribution in [-0.2, 0) is 0 Å². The minimum atomic E-state index is 0.252. The van der Waals surface area contributed by atoms with E-state index in [1.807, 2.05) is 0 Å². The molecule has 0 N–H and O–H groups in total. The third-order valence-electron chi connectivity index (χ3n) is 4.35. The number of rotatable bonds is 16. The Labute approximate surface area is 146 Å². The summed E-state index contributed by atoms with van der Waals surface area (Å²) in [6.45, 7) is 6.54. The van der Waals surface area contributed by atoms with Crippen molar-refractivity contribution in [2.24, 2.45) is 0 Å². The van der Waals surface area contributed by atoms with Crippen molar-refractivity contribution in [3.63, 3.8) is 0 Å². The molecule has 0 aromatic heterocycles. The molecule has 0 aromatic carbocycles. The monoisotopic (exact) mass is 328 g/mol. The van der Waals surface area contributed by atoms with Gasteiger partial charge in [-0.05, 0) is 20.3 Å². The molecule has 0 aliphatic rings. The first-order valence-corrected chi connectivity index (χ1v) is 10.4. The molecule has 0 aromatic rings. The molecule has 0 saturated heterocycles. The van der Waals surface area contributed by atoms with Crippen LogP contribution in [0.25, 0.3) is 0 Å². The largest absolute Gasteiger partial charge is 0.118 e. The number of halogens is 1. The first-order valence-electron chi connectivity index (χ1n) is 9.96. The predicted octanol–water partition coefficient (Wildman–Crippen LogP) is 8.43. The van der Waals surface area contributed by atoms with Crippen LogP contribution in [0.5, 0.6) is 0 Å². The average Bonchev–Trinajstić information content (AvgIpc) is 2.47. The van der Waals surface area contributed by atoms with Crippen molar-refractivity contribution < 1.29 is 0 Å². The highest BCUT2D eigenvalue weighted by molar-refractivity contribution is 6.21. The molecule has 1 atom stereocenters. The molecule has 1 unspecified atom stereocenters. The van der Waals surface area contributed by atoms with Crippen molar-refractivity contribution >= 4 is 11.6 Å². The zero-order valence-electron chi connectivity index (χ0n) is 15.6. The van der Waals surface area contributed by atoms with Crippen LogP contribution in [-0.4, -0.2) is 5.38 Å². The lowest BCUT2D eigenvalue weighted by atomic mass is 10.0. The summed E-state index contributed by atoms with van der Waals surface area (Å²) in [5.74, 6) is 0. The molecular weight excluding hydrogens is 288 g/mol. The van der Waals surface area contributed by atoms with Gasteiger partial charge in [0.1, 0.15) is 0 Å². The van der Waals surface area contributed by atoms with Gasteiger partial charge in [-0.25, -0.2) is 0 Å². The Bertz CT molecular complexity index is 240. The molecule has 0 rings (SSSR count). The molecule has 0 amide bonds. The van der Waals surface area contributed by atoms with E-state index in [9.17, 15) is 0 Å². The molecule has 0 aliphatic heterocycles. The van der Waals surface area contributed by atoms with Crippen molar-refractivity contribution in [3.8, 4) is 0 Å². The molecule has 0 saturated carbocycles. The Hall–Kier alpha value is 0.0300. The third kappa shape index (κ3) is 18.1. The molecule has 0 heterocycles. The summed E-state index contributed by atoms with van der Waals surface area (Å²) in [6.07, 6.45) is 23.2. The highest BCUT2D eigenvalue weighted by Gasteiger charge is 2.00. The van der Waals surface area contributed by atoms with E-state index in [0.717, 1.165) is 6.42 Å². The van der Waals surface area contributed by atoms with Crippen LogP contribution in [0.15, 0.2) is 11.6 Å². The Balaban J connectivity index is 3.10. The second-order valence-electron chi connectivity index (χ2n) is 7.14. The molecule has 0 spiro atoms. The van der Waals surface area contributed by atoms with Crippen molar-refractivity contribution in [1.82, 2.24) is 0 Å². The second kappa shape index (κ2) is 17.4. The summed E-state index contributed by atoms with van der Waals surface area (Å²) in [5.41, 5.74) is 1.34. The highest BCUT2D eigenvalue weighted by atomic mass is 35.5. The molecule has 0 nitrogen and oxygen atoms in total. The fraction of sp³-hybridized carbons (Fsp3) is 0.905. The number of hydrogen-bond acceptors (Lipinski definition) is 0. The smallest absolute Gasteiger partial charge is 0.0518 e. The Morgan fingerprint density at radius 1 is 0.682 bits per heavy atom. The second-order valence-corrected chi connectivity index (χ2v) is 7.71. The Morgan fingerprint density at radius 3 is 1.41 bits per heavy atom. The van der Waals surface area contributed by atoms with E-state index in [2.05, 4.69) is 26.8 Å². The van der Waals surface area contributed by atoms with E-state index in [0.29, 0.717) is 0 Å². The van der Waals surface area contributed by atoms with Gasteiger partial charge in [0.2, 0.25) is 0 Å². The molecule has 0 bridgehead atoms. The van der Waals surface area contributed by atoms with Crippen LogP contribution < -0.4 is 0 Å². The molecule has 0 fully saturated rings. The summed E-state index contributed by atoms with van der Waals surface area (Å²) >= 11 is 6.25.